The highest BCUT2D eigenvalue weighted by Crippen LogP contribution is 2.44. The molecule has 0 N–H and O–H groups in total. The quantitative estimate of drug-likeness (QED) is 0.696. The molecule has 0 saturated carbocycles. The number of hydrogen-bond acceptors (Lipinski definition) is 1. The predicted octanol–water partition coefficient (Wildman–Crippen LogP) is 4.55. The van der Waals surface area contributed by atoms with E-state index in [1.54, 1.807) is 6.92 Å². The molecule has 2 nitrogen and oxygen atoms in total. The van der Waals surface area contributed by atoms with E-state index >= 15 is 0 Å². The first-order valence-corrected chi connectivity index (χ1v) is 7.68. The van der Waals surface area contributed by atoms with Crippen molar-refractivity contribution in [3.8, 4) is 0 Å². The number of halogens is 1. The molecule has 110 valence electrons. The number of carbonyl (C=O) groups excluding carboxylic acids is 1. The van der Waals surface area contributed by atoms with Gasteiger partial charge in [-0.1, -0.05) is 13.0 Å². The lowest BCUT2D eigenvalue weighted by atomic mass is 9.79. The molecule has 1 amide bonds. The molecule has 0 aliphatic carbocycles. The van der Waals surface area contributed by atoms with Gasteiger partial charge < -0.3 is 4.90 Å². The van der Waals surface area contributed by atoms with E-state index in [1.165, 1.54) is 16.7 Å². The maximum atomic E-state index is 12.6. The highest BCUT2D eigenvalue weighted by Gasteiger charge is 2.41. The van der Waals surface area contributed by atoms with Gasteiger partial charge in [0, 0.05) is 11.2 Å². The summed E-state index contributed by atoms with van der Waals surface area (Å²) in [6.07, 6.45) is 0.956. The van der Waals surface area contributed by atoms with Crippen molar-refractivity contribution in [1.29, 1.82) is 0 Å². The van der Waals surface area contributed by atoms with Crippen LogP contribution in [0.1, 0.15) is 56.7 Å². The summed E-state index contributed by atoms with van der Waals surface area (Å²) >= 11 is 6.07. The minimum Gasteiger partial charge on any atom is -0.305 e. The van der Waals surface area contributed by atoms with E-state index in [-0.39, 0.29) is 11.4 Å². The number of amides is 1. The van der Waals surface area contributed by atoms with Gasteiger partial charge in [-0.25, -0.2) is 0 Å². The van der Waals surface area contributed by atoms with Crippen molar-refractivity contribution >= 4 is 23.2 Å². The molecule has 1 aliphatic heterocycles. The standard InChI is InChI=1S/C17H24ClNO/c1-10-7-14-12(3)9-17(5,6)19(16(20)13(4)18)15(14)8-11(10)2/h7-8,12-13H,9H2,1-6H3/t12-,13+/m0/s1. The third-order valence-electron chi connectivity index (χ3n) is 4.39. The summed E-state index contributed by atoms with van der Waals surface area (Å²) in [7, 11) is 0. The van der Waals surface area contributed by atoms with Crippen molar-refractivity contribution in [3.63, 3.8) is 0 Å². The number of carbonyl (C=O) groups is 1. The summed E-state index contributed by atoms with van der Waals surface area (Å²) in [6, 6.07) is 4.36. The smallest absolute Gasteiger partial charge is 0.245 e. The Balaban J connectivity index is 2.65. The minimum absolute atomic E-state index is 0.00642. The molecule has 0 saturated heterocycles. The van der Waals surface area contributed by atoms with Crippen molar-refractivity contribution in [1.82, 2.24) is 0 Å². The third kappa shape index (κ3) is 2.46. The lowest BCUT2D eigenvalue weighted by Gasteiger charge is -2.46. The molecule has 1 aromatic rings. The molecular formula is C17H24ClNO. The van der Waals surface area contributed by atoms with Gasteiger partial charge in [-0.2, -0.15) is 0 Å². The number of anilines is 1. The highest BCUT2D eigenvalue weighted by atomic mass is 35.5. The SMILES string of the molecule is Cc1cc2c(cc1C)N(C(=O)[C@@H](C)Cl)C(C)(C)C[C@@H]2C. The molecule has 0 spiro atoms. The Morgan fingerprint density at radius 3 is 2.45 bits per heavy atom. The summed E-state index contributed by atoms with van der Waals surface area (Å²) in [4.78, 5) is 14.5. The van der Waals surface area contributed by atoms with Crippen LogP contribution in [0.2, 0.25) is 0 Å². The molecule has 2 rings (SSSR count). The van der Waals surface area contributed by atoms with Crippen molar-refractivity contribution < 1.29 is 4.79 Å². The van der Waals surface area contributed by atoms with Gasteiger partial charge in [-0.15, -0.1) is 11.6 Å². The van der Waals surface area contributed by atoms with Gasteiger partial charge in [0.25, 0.3) is 0 Å². The fraction of sp³-hybridized carbons (Fsp3) is 0.588. The van der Waals surface area contributed by atoms with Crippen molar-refractivity contribution in [3.05, 3.63) is 28.8 Å². The number of alkyl halides is 1. The van der Waals surface area contributed by atoms with Gasteiger partial charge in [-0.05, 0) is 69.7 Å². The van der Waals surface area contributed by atoms with Crippen LogP contribution in [-0.2, 0) is 4.79 Å². The first-order valence-electron chi connectivity index (χ1n) is 7.24. The molecule has 0 bridgehead atoms. The first-order chi connectivity index (χ1) is 9.15. The number of aryl methyl sites for hydroxylation is 2. The molecule has 1 aromatic carbocycles. The van der Waals surface area contributed by atoms with E-state index < -0.39 is 5.38 Å². The predicted molar refractivity (Wildman–Crippen MR) is 85.8 cm³/mol. The summed E-state index contributed by atoms with van der Waals surface area (Å²) in [6.45, 7) is 12.4. The molecule has 2 atom stereocenters. The average Bonchev–Trinajstić information content (AvgIpc) is 2.30. The van der Waals surface area contributed by atoms with Crippen LogP contribution in [0.3, 0.4) is 0 Å². The zero-order chi connectivity index (χ0) is 15.2. The van der Waals surface area contributed by atoms with Crippen molar-refractivity contribution in [2.24, 2.45) is 0 Å². The van der Waals surface area contributed by atoms with Gasteiger partial charge >= 0.3 is 0 Å². The second-order valence-corrected chi connectivity index (χ2v) is 7.36. The van der Waals surface area contributed by atoms with E-state index in [2.05, 4.69) is 46.8 Å². The van der Waals surface area contributed by atoms with Crippen LogP contribution in [0, 0.1) is 13.8 Å². The topological polar surface area (TPSA) is 20.3 Å². The van der Waals surface area contributed by atoms with E-state index in [4.69, 9.17) is 11.6 Å². The molecule has 0 unspecified atom stereocenters. The first kappa shape index (κ1) is 15.4. The largest absolute Gasteiger partial charge is 0.305 e. The second kappa shape index (κ2) is 5.07. The van der Waals surface area contributed by atoms with Gasteiger partial charge in [0.2, 0.25) is 5.91 Å². The number of nitrogens with zero attached hydrogens (tertiary/aromatic N) is 1. The fourth-order valence-electron chi connectivity index (χ4n) is 3.28. The Morgan fingerprint density at radius 2 is 1.90 bits per heavy atom. The van der Waals surface area contributed by atoms with E-state index in [0.29, 0.717) is 5.92 Å². The van der Waals surface area contributed by atoms with Crippen LogP contribution < -0.4 is 4.90 Å². The number of fused-ring (bicyclic) bond motifs is 1. The van der Waals surface area contributed by atoms with Gasteiger partial charge in [-0.3, -0.25) is 4.79 Å². The normalized spacial score (nSPS) is 22.4. The van der Waals surface area contributed by atoms with Crippen molar-refractivity contribution in [2.75, 3.05) is 4.90 Å². The van der Waals surface area contributed by atoms with Crippen LogP contribution in [0.4, 0.5) is 5.69 Å². The van der Waals surface area contributed by atoms with Crippen LogP contribution in [-0.4, -0.2) is 16.8 Å². The minimum atomic E-state index is -0.503. The lowest BCUT2D eigenvalue weighted by molar-refractivity contribution is -0.119. The van der Waals surface area contributed by atoms with Crippen LogP contribution in [0.5, 0.6) is 0 Å². The van der Waals surface area contributed by atoms with Crippen LogP contribution in [0.15, 0.2) is 12.1 Å². The molecule has 1 aliphatic rings. The Hall–Kier alpha value is -1.02. The maximum absolute atomic E-state index is 12.6. The molecule has 3 heteroatoms. The molecule has 20 heavy (non-hydrogen) atoms. The Labute approximate surface area is 127 Å². The fourth-order valence-corrected chi connectivity index (χ4v) is 3.38. The molecule has 0 aromatic heterocycles. The summed E-state index contributed by atoms with van der Waals surface area (Å²) < 4.78 is 0. The third-order valence-corrected chi connectivity index (χ3v) is 4.57. The Bertz CT molecular complexity index is 548. The zero-order valence-corrected chi connectivity index (χ0v) is 14.0. The molecule has 1 heterocycles. The van der Waals surface area contributed by atoms with E-state index in [1.807, 2.05) is 4.90 Å². The molecular weight excluding hydrogens is 270 g/mol. The van der Waals surface area contributed by atoms with Crippen LogP contribution >= 0.6 is 11.6 Å². The summed E-state index contributed by atoms with van der Waals surface area (Å²) in [5.41, 5.74) is 4.59. The zero-order valence-electron chi connectivity index (χ0n) is 13.2. The monoisotopic (exact) mass is 293 g/mol. The van der Waals surface area contributed by atoms with Crippen molar-refractivity contribution in [2.45, 2.75) is 64.8 Å². The Kier molecular flexibility index (Phi) is 3.90. The van der Waals surface area contributed by atoms with Gasteiger partial charge in [0.05, 0.1) is 0 Å². The number of hydrogen-bond donors (Lipinski definition) is 0. The van der Waals surface area contributed by atoms with Crippen LogP contribution in [0.25, 0.3) is 0 Å². The Morgan fingerprint density at radius 1 is 1.35 bits per heavy atom. The highest BCUT2D eigenvalue weighted by molar-refractivity contribution is 6.32. The summed E-state index contributed by atoms with van der Waals surface area (Å²) in [5.74, 6) is 0.446. The average molecular weight is 294 g/mol. The molecule has 0 radical (unpaired) electrons. The summed E-state index contributed by atoms with van der Waals surface area (Å²) in [5, 5.41) is -0.503. The van der Waals surface area contributed by atoms with E-state index in [0.717, 1.165) is 12.1 Å². The molecule has 0 fully saturated rings. The lowest BCUT2D eigenvalue weighted by Crippen LogP contribution is -2.53. The second-order valence-electron chi connectivity index (χ2n) is 6.70. The van der Waals surface area contributed by atoms with E-state index in [9.17, 15) is 4.79 Å². The van der Waals surface area contributed by atoms with Gasteiger partial charge in [0.1, 0.15) is 5.38 Å². The number of rotatable bonds is 1. The van der Waals surface area contributed by atoms with Gasteiger partial charge in [0.15, 0.2) is 0 Å². The number of benzene rings is 1. The maximum Gasteiger partial charge on any atom is 0.245 e.